The van der Waals surface area contributed by atoms with Gasteiger partial charge < -0.3 is 4.74 Å². The van der Waals surface area contributed by atoms with Gasteiger partial charge in [0.25, 0.3) is 0 Å². The summed E-state index contributed by atoms with van der Waals surface area (Å²) in [7, 11) is 2.26. The highest BCUT2D eigenvalue weighted by atomic mass is 32.2. The Labute approximate surface area is 61.1 Å². The zero-order valence-corrected chi connectivity index (χ0v) is 7.79. The Hall–Kier alpha value is 0.310. The molecule has 1 nitrogen and oxygen atoms in total. The highest BCUT2D eigenvalue weighted by Crippen LogP contribution is 2.06. The highest BCUT2D eigenvalue weighted by molar-refractivity contribution is 7.96. The molecule has 0 fully saturated rings. The quantitative estimate of drug-likeness (QED) is 0.549. The third kappa shape index (κ3) is 3.11. The van der Waals surface area contributed by atoms with E-state index in [0.717, 1.165) is 0 Å². The molecule has 0 radical (unpaired) electrons. The maximum atomic E-state index is 5.18. The molecule has 0 rings (SSSR count). The molecule has 0 spiro atoms. The van der Waals surface area contributed by atoms with Crippen molar-refractivity contribution < 1.29 is 4.74 Å². The average Bonchev–Trinajstić information content (AvgIpc) is 1.84. The average molecular weight is 149 g/mol. The summed E-state index contributed by atoms with van der Waals surface area (Å²) >= 11 is 0. The van der Waals surface area contributed by atoms with Gasteiger partial charge in [-0.15, -0.1) is 0 Å². The number of hydrogen-bond donors (Lipinski definition) is 0. The molecular formula is C7H17OS+. The molecule has 0 N–H and O–H groups in total. The van der Waals surface area contributed by atoms with E-state index in [0.29, 0.717) is 22.2 Å². The standard InChI is InChI=1S/C7H17OS/c1-6(8-3)7(2)9(4)5/h6-7H,1-5H3/q+1. The van der Waals surface area contributed by atoms with Gasteiger partial charge in [-0.3, -0.25) is 0 Å². The number of ether oxygens (including phenoxy) is 1. The third-order valence-electron chi connectivity index (χ3n) is 1.78. The van der Waals surface area contributed by atoms with Crippen LogP contribution in [0.3, 0.4) is 0 Å². The van der Waals surface area contributed by atoms with Crippen LogP contribution in [0.2, 0.25) is 0 Å². The van der Waals surface area contributed by atoms with Gasteiger partial charge in [-0.2, -0.15) is 0 Å². The van der Waals surface area contributed by atoms with Crippen LogP contribution in [0.25, 0.3) is 0 Å². The molecule has 2 heteroatoms. The molecule has 0 aliphatic rings. The molecule has 0 aliphatic carbocycles. The lowest BCUT2D eigenvalue weighted by Crippen LogP contribution is -2.28. The van der Waals surface area contributed by atoms with E-state index in [9.17, 15) is 0 Å². The van der Waals surface area contributed by atoms with Gasteiger partial charge in [-0.1, -0.05) is 0 Å². The van der Waals surface area contributed by atoms with Crippen LogP contribution < -0.4 is 0 Å². The van der Waals surface area contributed by atoms with Gasteiger partial charge in [-0.05, 0) is 24.7 Å². The van der Waals surface area contributed by atoms with E-state index in [2.05, 4.69) is 26.4 Å². The summed E-state index contributed by atoms with van der Waals surface area (Å²) in [5.74, 6) is 0. The van der Waals surface area contributed by atoms with E-state index >= 15 is 0 Å². The third-order valence-corrected chi connectivity index (χ3v) is 3.65. The van der Waals surface area contributed by atoms with Crippen molar-refractivity contribution in [2.24, 2.45) is 0 Å². The Morgan fingerprint density at radius 3 is 1.78 bits per heavy atom. The molecular weight excluding hydrogens is 132 g/mol. The zero-order chi connectivity index (χ0) is 7.44. The van der Waals surface area contributed by atoms with Crippen LogP contribution >= 0.6 is 0 Å². The lowest BCUT2D eigenvalue weighted by molar-refractivity contribution is 0.119. The SMILES string of the molecule is COC(C)C(C)[S+](C)C. The minimum Gasteiger partial charge on any atom is -0.377 e. The lowest BCUT2D eigenvalue weighted by Gasteiger charge is -2.14. The van der Waals surface area contributed by atoms with Crippen LogP contribution in [0.1, 0.15) is 13.8 Å². The van der Waals surface area contributed by atoms with Crippen LogP contribution in [-0.2, 0) is 15.6 Å². The van der Waals surface area contributed by atoms with Crippen molar-refractivity contribution in [2.45, 2.75) is 25.2 Å². The molecule has 0 saturated carbocycles. The summed E-state index contributed by atoms with van der Waals surface area (Å²) in [4.78, 5) is 0. The van der Waals surface area contributed by atoms with Crippen molar-refractivity contribution in [3.8, 4) is 0 Å². The predicted molar refractivity (Wildman–Crippen MR) is 45.1 cm³/mol. The van der Waals surface area contributed by atoms with Crippen LogP contribution in [0.5, 0.6) is 0 Å². The minimum atomic E-state index is 0.406. The maximum Gasteiger partial charge on any atom is 0.140 e. The molecule has 2 unspecified atom stereocenters. The molecule has 0 bridgehead atoms. The molecule has 2 atom stereocenters. The number of rotatable bonds is 3. The van der Waals surface area contributed by atoms with Crippen LogP contribution in [0.15, 0.2) is 0 Å². The molecule has 0 saturated heterocycles. The predicted octanol–water partition coefficient (Wildman–Crippen LogP) is 1.29. The molecule has 0 aliphatic heterocycles. The van der Waals surface area contributed by atoms with E-state index in [4.69, 9.17) is 4.74 Å². The van der Waals surface area contributed by atoms with E-state index < -0.39 is 0 Å². The molecule has 0 aromatic carbocycles. The summed E-state index contributed by atoms with van der Waals surface area (Å²) in [6.45, 7) is 4.36. The first-order valence-corrected chi connectivity index (χ1v) is 5.29. The van der Waals surface area contributed by atoms with Gasteiger partial charge in [-0.25, -0.2) is 0 Å². The van der Waals surface area contributed by atoms with E-state index in [1.54, 1.807) is 7.11 Å². The summed E-state index contributed by atoms with van der Waals surface area (Å²) in [6, 6.07) is 0. The molecule has 56 valence electrons. The molecule has 0 aromatic rings. The van der Waals surface area contributed by atoms with Gasteiger partial charge in [0.2, 0.25) is 0 Å². The number of methoxy groups -OCH3 is 1. The summed E-state index contributed by atoms with van der Waals surface area (Å²) in [5, 5.41) is 0.690. The van der Waals surface area contributed by atoms with Crippen molar-refractivity contribution in [1.82, 2.24) is 0 Å². The van der Waals surface area contributed by atoms with E-state index in [1.807, 2.05) is 0 Å². The second kappa shape index (κ2) is 4.18. The number of hydrogen-bond acceptors (Lipinski definition) is 1. The Balaban J connectivity index is 3.58. The fourth-order valence-corrected chi connectivity index (χ4v) is 1.45. The van der Waals surface area contributed by atoms with Crippen molar-refractivity contribution in [3.63, 3.8) is 0 Å². The monoisotopic (exact) mass is 149 g/mol. The molecule has 0 amide bonds. The van der Waals surface area contributed by atoms with Crippen LogP contribution in [-0.4, -0.2) is 31.0 Å². The van der Waals surface area contributed by atoms with Gasteiger partial charge >= 0.3 is 0 Å². The largest absolute Gasteiger partial charge is 0.377 e. The van der Waals surface area contributed by atoms with Crippen molar-refractivity contribution in [2.75, 3.05) is 19.6 Å². The summed E-state index contributed by atoms with van der Waals surface area (Å²) in [5.41, 5.74) is 0. The second-order valence-corrected chi connectivity index (χ2v) is 5.03. The first-order chi connectivity index (χ1) is 4.09. The van der Waals surface area contributed by atoms with Gasteiger partial charge in [0.15, 0.2) is 0 Å². The van der Waals surface area contributed by atoms with Gasteiger partial charge in [0, 0.05) is 7.11 Å². The smallest absolute Gasteiger partial charge is 0.140 e. The fraction of sp³-hybridized carbons (Fsp3) is 1.00. The lowest BCUT2D eigenvalue weighted by atomic mass is 10.3. The van der Waals surface area contributed by atoms with Crippen molar-refractivity contribution in [1.29, 1.82) is 0 Å². The Morgan fingerprint density at radius 2 is 1.67 bits per heavy atom. The Morgan fingerprint density at radius 1 is 1.22 bits per heavy atom. The Bertz CT molecular complexity index is 73.3. The van der Waals surface area contributed by atoms with Gasteiger partial charge in [0.05, 0.1) is 12.5 Å². The molecule has 0 heterocycles. The Kier molecular flexibility index (Phi) is 4.32. The van der Waals surface area contributed by atoms with Crippen molar-refractivity contribution >= 4 is 10.9 Å². The summed E-state index contributed by atoms with van der Waals surface area (Å²) < 4.78 is 5.18. The highest BCUT2D eigenvalue weighted by Gasteiger charge is 2.21. The van der Waals surface area contributed by atoms with E-state index in [1.165, 1.54) is 0 Å². The zero-order valence-electron chi connectivity index (χ0n) is 6.97. The first-order valence-electron chi connectivity index (χ1n) is 3.18. The van der Waals surface area contributed by atoms with Crippen LogP contribution in [0, 0.1) is 0 Å². The van der Waals surface area contributed by atoms with Crippen molar-refractivity contribution in [3.05, 3.63) is 0 Å². The fourth-order valence-electron chi connectivity index (χ4n) is 0.575. The first kappa shape index (κ1) is 9.31. The molecule has 0 aromatic heterocycles. The minimum absolute atomic E-state index is 0.406. The van der Waals surface area contributed by atoms with Crippen LogP contribution in [0.4, 0.5) is 0 Å². The summed E-state index contributed by atoms with van der Waals surface area (Å²) in [6.07, 6.45) is 4.91. The molecule has 9 heavy (non-hydrogen) atoms. The van der Waals surface area contributed by atoms with E-state index in [-0.39, 0.29) is 0 Å². The topological polar surface area (TPSA) is 9.23 Å². The second-order valence-electron chi connectivity index (χ2n) is 2.53. The maximum absolute atomic E-state index is 5.18. The normalized spacial score (nSPS) is 18.0. The van der Waals surface area contributed by atoms with Gasteiger partial charge in [0.1, 0.15) is 11.4 Å².